The fourth-order valence-electron chi connectivity index (χ4n) is 4.26. The van der Waals surface area contributed by atoms with Gasteiger partial charge in [0, 0.05) is 37.1 Å². The number of aromatic nitrogens is 1. The predicted molar refractivity (Wildman–Crippen MR) is 121 cm³/mol. The average molecular weight is 459 g/mol. The molecule has 3 N–H and O–H groups in total. The van der Waals surface area contributed by atoms with E-state index in [1.165, 1.54) is 6.07 Å². The van der Waals surface area contributed by atoms with E-state index in [1.54, 1.807) is 35.2 Å². The van der Waals surface area contributed by atoms with Gasteiger partial charge in [-0.05, 0) is 49.6 Å². The number of rotatable bonds is 6. The van der Waals surface area contributed by atoms with Crippen LogP contribution in [0.4, 0.5) is 33.1 Å². The first kappa shape index (κ1) is 22.7. The largest absolute Gasteiger partial charge is 0.481 e. The molecule has 10 nitrogen and oxygen atoms in total. The Morgan fingerprint density at radius 2 is 1.76 bits per heavy atom. The first-order valence-corrected chi connectivity index (χ1v) is 10.9. The molecule has 2 aliphatic heterocycles. The SMILES string of the molecule is O=C(O)C1CCN(c2ccc(Nc3nc(N4CCC(O)CC4)ccc3[N+](=O)[O-])cc2)CC1F. The minimum Gasteiger partial charge on any atom is -0.481 e. The molecule has 2 atom stereocenters. The zero-order chi connectivity index (χ0) is 23.5. The standard InChI is InChI=1S/C22H26FN5O5/c23-18-13-27(12-9-17(18)22(30)31)15-3-1-14(2-4-15)24-21-19(28(32)33)5-6-20(25-21)26-10-7-16(29)8-11-26/h1-6,16-18,29H,7-13H2,(H,24,25)(H,30,31). The van der Waals surface area contributed by atoms with Crippen molar-refractivity contribution >= 4 is 34.7 Å². The van der Waals surface area contributed by atoms with Crippen molar-refractivity contribution in [2.75, 3.05) is 41.3 Å². The Bertz CT molecular complexity index is 1010. The van der Waals surface area contributed by atoms with Crippen molar-refractivity contribution in [2.45, 2.75) is 31.5 Å². The Labute approximate surface area is 189 Å². The second-order valence-electron chi connectivity index (χ2n) is 8.38. The summed E-state index contributed by atoms with van der Waals surface area (Å²) < 4.78 is 14.2. The van der Waals surface area contributed by atoms with E-state index in [0.29, 0.717) is 44.0 Å². The summed E-state index contributed by atoms with van der Waals surface area (Å²) in [6.45, 7) is 1.68. The van der Waals surface area contributed by atoms with E-state index in [2.05, 4.69) is 10.3 Å². The van der Waals surface area contributed by atoms with Crippen LogP contribution in [0.15, 0.2) is 36.4 Å². The Hall–Kier alpha value is -3.47. The maximum absolute atomic E-state index is 14.2. The maximum Gasteiger partial charge on any atom is 0.311 e. The Morgan fingerprint density at radius 1 is 1.09 bits per heavy atom. The average Bonchev–Trinajstić information content (AvgIpc) is 2.79. The van der Waals surface area contributed by atoms with Gasteiger partial charge in [0.25, 0.3) is 0 Å². The fraction of sp³-hybridized carbons (Fsp3) is 0.455. The number of anilines is 4. The highest BCUT2D eigenvalue weighted by molar-refractivity contribution is 5.72. The van der Waals surface area contributed by atoms with Crippen LogP contribution >= 0.6 is 0 Å². The monoisotopic (exact) mass is 459 g/mol. The summed E-state index contributed by atoms with van der Waals surface area (Å²) in [4.78, 5) is 30.3. The number of carboxylic acid groups (broad SMARTS) is 1. The number of alkyl halides is 1. The molecule has 2 aliphatic rings. The number of halogens is 1. The van der Waals surface area contributed by atoms with Crippen LogP contribution in [0.25, 0.3) is 0 Å². The van der Waals surface area contributed by atoms with Gasteiger partial charge in [0.05, 0.1) is 23.5 Å². The number of aliphatic hydroxyl groups is 1. The minimum atomic E-state index is -1.44. The molecule has 0 radical (unpaired) electrons. The van der Waals surface area contributed by atoms with E-state index in [4.69, 9.17) is 5.11 Å². The Kier molecular flexibility index (Phi) is 6.59. The molecule has 2 fully saturated rings. The normalized spacial score (nSPS) is 21.6. The number of nitrogens with zero attached hydrogens (tertiary/aromatic N) is 4. The fourth-order valence-corrected chi connectivity index (χ4v) is 4.26. The molecule has 2 unspecified atom stereocenters. The van der Waals surface area contributed by atoms with E-state index in [-0.39, 0.29) is 30.6 Å². The van der Waals surface area contributed by atoms with E-state index < -0.39 is 23.0 Å². The van der Waals surface area contributed by atoms with Crippen molar-refractivity contribution in [1.29, 1.82) is 0 Å². The van der Waals surface area contributed by atoms with Crippen molar-refractivity contribution in [2.24, 2.45) is 5.92 Å². The Balaban J connectivity index is 1.48. The third kappa shape index (κ3) is 5.14. The third-order valence-electron chi connectivity index (χ3n) is 6.20. The van der Waals surface area contributed by atoms with E-state index >= 15 is 0 Å². The lowest BCUT2D eigenvalue weighted by Crippen LogP contribution is -2.44. The summed E-state index contributed by atoms with van der Waals surface area (Å²) >= 11 is 0. The molecular formula is C22H26FN5O5. The summed E-state index contributed by atoms with van der Waals surface area (Å²) in [5, 5.41) is 33.3. The summed E-state index contributed by atoms with van der Waals surface area (Å²) in [5.41, 5.74) is 1.17. The van der Waals surface area contributed by atoms with E-state index in [0.717, 1.165) is 5.69 Å². The highest BCUT2D eigenvalue weighted by Crippen LogP contribution is 2.31. The highest BCUT2D eigenvalue weighted by atomic mass is 19.1. The smallest absolute Gasteiger partial charge is 0.311 e. The predicted octanol–water partition coefficient (Wildman–Crippen LogP) is 2.94. The molecule has 0 aliphatic carbocycles. The summed E-state index contributed by atoms with van der Waals surface area (Å²) in [5.74, 6) is -1.38. The number of carboxylic acids is 1. The number of aliphatic hydroxyl groups excluding tert-OH is 1. The lowest BCUT2D eigenvalue weighted by Gasteiger charge is -2.34. The molecule has 2 aromatic rings. The van der Waals surface area contributed by atoms with Crippen LogP contribution in [-0.2, 0) is 4.79 Å². The number of hydrogen-bond acceptors (Lipinski definition) is 8. The Morgan fingerprint density at radius 3 is 2.36 bits per heavy atom. The lowest BCUT2D eigenvalue weighted by molar-refractivity contribution is -0.384. The molecule has 0 bridgehead atoms. The summed E-state index contributed by atoms with van der Waals surface area (Å²) in [7, 11) is 0. The molecule has 0 saturated carbocycles. The molecule has 0 spiro atoms. The molecule has 4 rings (SSSR count). The summed E-state index contributed by atoms with van der Waals surface area (Å²) in [6, 6.07) is 9.99. The molecule has 2 saturated heterocycles. The number of nitrogens with one attached hydrogen (secondary N) is 1. The topological polar surface area (TPSA) is 132 Å². The van der Waals surface area contributed by atoms with Crippen molar-refractivity contribution < 1.29 is 24.3 Å². The first-order valence-electron chi connectivity index (χ1n) is 10.9. The van der Waals surface area contributed by atoms with Gasteiger partial charge in [-0.3, -0.25) is 14.9 Å². The third-order valence-corrected chi connectivity index (χ3v) is 6.20. The molecule has 1 aromatic carbocycles. The van der Waals surface area contributed by atoms with Crippen molar-refractivity contribution in [3.63, 3.8) is 0 Å². The second-order valence-corrected chi connectivity index (χ2v) is 8.38. The van der Waals surface area contributed by atoms with Crippen molar-refractivity contribution in [3.8, 4) is 0 Å². The first-order chi connectivity index (χ1) is 15.8. The van der Waals surface area contributed by atoms with Crippen LogP contribution in [0.3, 0.4) is 0 Å². The van der Waals surface area contributed by atoms with Crippen LogP contribution in [-0.4, -0.2) is 64.5 Å². The van der Waals surface area contributed by atoms with Crippen molar-refractivity contribution in [1.82, 2.24) is 4.98 Å². The molecule has 0 amide bonds. The van der Waals surface area contributed by atoms with Crippen LogP contribution < -0.4 is 15.1 Å². The maximum atomic E-state index is 14.2. The number of aliphatic carboxylic acids is 1. The molecular weight excluding hydrogens is 433 g/mol. The van der Waals surface area contributed by atoms with Crippen LogP contribution in [0.1, 0.15) is 19.3 Å². The number of nitro groups is 1. The number of hydrogen-bond donors (Lipinski definition) is 3. The van der Waals surface area contributed by atoms with Gasteiger partial charge in [-0.15, -0.1) is 0 Å². The molecule has 3 heterocycles. The zero-order valence-electron chi connectivity index (χ0n) is 17.9. The second kappa shape index (κ2) is 9.57. The van der Waals surface area contributed by atoms with Crippen LogP contribution in [0, 0.1) is 16.0 Å². The van der Waals surface area contributed by atoms with Gasteiger partial charge in [0.15, 0.2) is 0 Å². The lowest BCUT2D eigenvalue weighted by atomic mass is 9.95. The highest BCUT2D eigenvalue weighted by Gasteiger charge is 2.34. The van der Waals surface area contributed by atoms with Crippen molar-refractivity contribution in [3.05, 3.63) is 46.5 Å². The molecule has 33 heavy (non-hydrogen) atoms. The van der Waals surface area contributed by atoms with E-state index in [9.17, 15) is 24.4 Å². The molecule has 1 aromatic heterocycles. The number of pyridine rings is 1. The van der Waals surface area contributed by atoms with Crippen LogP contribution in [0.5, 0.6) is 0 Å². The minimum absolute atomic E-state index is 0.00332. The van der Waals surface area contributed by atoms with Gasteiger partial charge >= 0.3 is 11.7 Å². The quantitative estimate of drug-likeness (QED) is 0.440. The summed E-state index contributed by atoms with van der Waals surface area (Å²) in [6.07, 6.45) is -0.316. The van der Waals surface area contributed by atoms with Crippen LogP contribution in [0.2, 0.25) is 0 Å². The van der Waals surface area contributed by atoms with E-state index in [1.807, 2.05) is 4.90 Å². The molecule has 176 valence electrons. The van der Waals surface area contributed by atoms with Gasteiger partial charge < -0.3 is 25.3 Å². The number of carbonyl (C=O) groups is 1. The van der Waals surface area contributed by atoms with Gasteiger partial charge in [-0.1, -0.05) is 0 Å². The van der Waals surface area contributed by atoms with Gasteiger partial charge in [-0.2, -0.15) is 0 Å². The zero-order valence-corrected chi connectivity index (χ0v) is 17.9. The number of piperidine rings is 2. The number of benzene rings is 1. The molecule has 11 heteroatoms. The van der Waals surface area contributed by atoms with Gasteiger partial charge in [0.2, 0.25) is 5.82 Å². The van der Waals surface area contributed by atoms with Gasteiger partial charge in [0.1, 0.15) is 12.0 Å². The van der Waals surface area contributed by atoms with Gasteiger partial charge in [-0.25, -0.2) is 9.37 Å².